The molecule has 1 fully saturated rings. The molecule has 4 rings (SSSR count). The van der Waals surface area contributed by atoms with Gasteiger partial charge in [0.1, 0.15) is 5.15 Å². The van der Waals surface area contributed by atoms with Gasteiger partial charge >= 0.3 is 0 Å². The Hall–Kier alpha value is -2.28. The molecule has 156 valence electrons. The van der Waals surface area contributed by atoms with Crippen molar-refractivity contribution in [2.24, 2.45) is 0 Å². The number of amides is 1. The number of nitrogens with zero attached hydrogens (tertiary/aromatic N) is 3. The summed E-state index contributed by atoms with van der Waals surface area (Å²) in [6.45, 7) is 5.79. The molecule has 0 bridgehead atoms. The van der Waals surface area contributed by atoms with E-state index in [0.717, 1.165) is 49.3 Å². The molecule has 3 heterocycles. The summed E-state index contributed by atoms with van der Waals surface area (Å²) in [7, 11) is 0. The second-order valence-electron chi connectivity index (χ2n) is 7.61. The molecule has 30 heavy (non-hydrogen) atoms. The number of aromatic nitrogens is 2. The van der Waals surface area contributed by atoms with Crippen LogP contribution in [0, 0.1) is 6.92 Å². The van der Waals surface area contributed by atoms with Crippen molar-refractivity contribution >= 4 is 34.0 Å². The zero-order valence-corrected chi connectivity index (χ0v) is 18.8. The summed E-state index contributed by atoms with van der Waals surface area (Å²) in [5.41, 5.74) is 4.82. The third-order valence-corrected chi connectivity index (χ3v) is 6.61. The smallest absolute Gasteiger partial charge is 0.257 e. The van der Waals surface area contributed by atoms with Gasteiger partial charge in [0.05, 0.1) is 11.7 Å². The van der Waals surface area contributed by atoms with Gasteiger partial charge in [-0.2, -0.15) is 0 Å². The molecule has 1 saturated heterocycles. The summed E-state index contributed by atoms with van der Waals surface area (Å²) in [5.74, 6) is -0.126. The highest BCUT2D eigenvalue weighted by Gasteiger charge is 2.28. The Morgan fingerprint density at radius 3 is 2.77 bits per heavy atom. The van der Waals surface area contributed by atoms with Gasteiger partial charge in [-0.1, -0.05) is 36.7 Å². The molecule has 1 aliphatic heterocycles. The predicted octanol–water partition coefficient (Wildman–Crippen LogP) is 5.65. The minimum absolute atomic E-state index is 0.126. The minimum atomic E-state index is -0.126. The second-order valence-corrected chi connectivity index (χ2v) is 8.83. The highest BCUT2D eigenvalue weighted by atomic mass is 35.5. The van der Waals surface area contributed by atoms with Crippen LogP contribution in [0.15, 0.2) is 41.8 Å². The first kappa shape index (κ1) is 21.0. The maximum Gasteiger partial charge on any atom is 0.257 e. The molecule has 1 unspecified atom stereocenters. The molecule has 1 atom stereocenters. The van der Waals surface area contributed by atoms with Gasteiger partial charge in [0, 0.05) is 28.7 Å². The van der Waals surface area contributed by atoms with Crippen LogP contribution in [0.2, 0.25) is 5.15 Å². The Kier molecular flexibility index (Phi) is 6.46. The highest BCUT2D eigenvalue weighted by molar-refractivity contribution is 7.14. The van der Waals surface area contributed by atoms with E-state index in [0.29, 0.717) is 15.8 Å². The fraction of sp³-hybridized carbons (Fsp3) is 0.348. The molecule has 2 aromatic heterocycles. The van der Waals surface area contributed by atoms with Crippen LogP contribution in [-0.2, 0) is 13.0 Å². The van der Waals surface area contributed by atoms with Crippen LogP contribution in [0.1, 0.15) is 58.7 Å². The van der Waals surface area contributed by atoms with Gasteiger partial charge in [-0.05, 0) is 56.5 Å². The van der Waals surface area contributed by atoms with Crippen molar-refractivity contribution < 1.29 is 4.79 Å². The first-order valence-corrected chi connectivity index (χ1v) is 11.5. The summed E-state index contributed by atoms with van der Waals surface area (Å²) in [5, 5.41) is 6.19. The summed E-state index contributed by atoms with van der Waals surface area (Å²) >= 11 is 7.81. The Labute approximate surface area is 186 Å². The normalized spacial score (nSPS) is 16.7. The van der Waals surface area contributed by atoms with Crippen molar-refractivity contribution in [2.45, 2.75) is 45.7 Å². The number of pyridine rings is 1. The van der Waals surface area contributed by atoms with E-state index in [1.165, 1.54) is 16.9 Å². The van der Waals surface area contributed by atoms with Crippen LogP contribution < -0.4 is 5.32 Å². The van der Waals surface area contributed by atoms with Crippen molar-refractivity contribution in [1.29, 1.82) is 0 Å². The van der Waals surface area contributed by atoms with Crippen LogP contribution in [0.4, 0.5) is 5.13 Å². The molecular weight excluding hydrogens is 416 g/mol. The van der Waals surface area contributed by atoms with Crippen LogP contribution >= 0.6 is 22.9 Å². The molecule has 0 aliphatic carbocycles. The van der Waals surface area contributed by atoms with E-state index in [1.54, 1.807) is 0 Å². The van der Waals surface area contributed by atoms with Gasteiger partial charge in [0.2, 0.25) is 0 Å². The maximum atomic E-state index is 12.5. The number of carbonyl (C=O) groups excluding carboxylic acids is 1. The van der Waals surface area contributed by atoms with Crippen molar-refractivity contribution in [3.63, 3.8) is 0 Å². The van der Waals surface area contributed by atoms with Crippen molar-refractivity contribution in [3.8, 4) is 0 Å². The standard InChI is InChI=1S/C23H25ClN4OS/c1-3-16-7-10-17(11-8-16)22(29)27-23-26-19(14-30-23)20-5-4-12-28(20)13-18-9-6-15(2)25-21(18)24/h6-11,14,20H,3-5,12-13H2,1-2H3,(H,26,27,29). The largest absolute Gasteiger partial charge is 0.298 e. The van der Waals surface area contributed by atoms with Crippen LogP contribution in [0.25, 0.3) is 0 Å². The molecule has 1 N–H and O–H groups in total. The Balaban J connectivity index is 1.43. The zero-order chi connectivity index (χ0) is 21.1. The predicted molar refractivity (Wildman–Crippen MR) is 122 cm³/mol. The van der Waals surface area contributed by atoms with E-state index < -0.39 is 0 Å². The van der Waals surface area contributed by atoms with E-state index in [-0.39, 0.29) is 11.9 Å². The van der Waals surface area contributed by atoms with Crippen LogP contribution in [-0.4, -0.2) is 27.3 Å². The van der Waals surface area contributed by atoms with E-state index >= 15 is 0 Å². The summed E-state index contributed by atoms with van der Waals surface area (Å²) < 4.78 is 0. The molecule has 1 amide bonds. The number of hydrogen-bond acceptors (Lipinski definition) is 5. The van der Waals surface area contributed by atoms with Gasteiger partial charge in [-0.15, -0.1) is 11.3 Å². The lowest BCUT2D eigenvalue weighted by atomic mass is 10.1. The third-order valence-electron chi connectivity index (χ3n) is 5.51. The summed E-state index contributed by atoms with van der Waals surface area (Å²) in [4.78, 5) is 24.0. The number of rotatable bonds is 6. The van der Waals surface area contributed by atoms with E-state index in [4.69, 9.17) is 16.6 Å². The number of hydrogen-bond donors (Lipinski definition) is 1. The lowest BCUT2D eigenvalue weighted by Gasteiger charge is -2.23. The second kappa shape index (κ2) is 9.25. The number of benzene rings is 1. The van der Waals surface area contributed by atoms with Crippen LogP contribution in [0.5, 0.6) is 0 Å². The Morgan fingerprint density at radius 1 is 1.23 bits per heavy atom. The Morgan fingerprint density at radius 2 is 2.03 bits per heavy atom. The number of anilines is 1. The molecule has 0 saturated carbocycles. The molecule has 3 aromatic rings. The molecule has 5 nitrogen and oxygen atoms in total. The molecule has 1 aliphatic rings. The first-order chi connectivity index (χ1) is 14.5. The van der Waals surface area contributed by atoms with E-state index in [1.807, 2.05) is 42.6 Å². The van der Waals surface area contributed by atoms with E-state index in [2.05, 4.69) is 28.2 Å². The lowest BCUT2D eigenvalue weighted by Crippen LogP contribution is -2.23. The SMILES string of the molecule is CCc1ccc(C(=O)Nc2nc(C3CCCN3Cc3ccc(C)nc3Cl)cs2)cc1. The summed E-state index contributed by atoms with van der Waals surface area (Å²) in [6, 6.07) is 12.0. The quantitative estimate of drug-likeness (QED) is 0.503. The number of halogens is 1. The zero-order valence-electron chi connectivity index (χ0n) is 17.2. The van der Waals surface area contributed by atoms with Crippen molar-refractivity contribution in [2.75, 3.05) is 11.9 Å². The number of thiazole rings is 1. The van der Waals surface area contributed by atoms with Crippen molar-refractivity contribution in [3.05, 3.63) is 75.0 Å². The molecule has 1 aromatic carbocycles. The van der Waals surface area contributed by atoms with Crippen LogP contribution in [0.3, 0.4) is 0 Å². The van der Waals surface area contributed by atoms with Gasteiger partial charge in [-0.25, -0.2) is 9.97 Å². The third kappa shape index (κ3) is 4.72. The summed E-state index contributed by atoms with van der Waals surface area (Å²) in [6.07, 6.45) is 3.12. The van der Waals surface area contributed by atoms with Gasteiger partial charge in [0.25, 0.3) is 5.91 Å². The molecule has 0 spiro atoms. The highest BCUT2D eigenvalue weighted by Crippen LogP contribution is 2.35. The molecule has 7 heteroatoms. The van der Waals surface area contributed by atoms with E-state index in [9.17, 15) is 4.79 Å². The van der Waals surface area contributed by atoms with Crippen molar-refractivity contribution in [1.82, 2.24) is 14.9 Å². The van der Waals surface area contributed by atoms with Gasteiger partial charge < -0.3 is 0 Å². The number of aryl methyl sites for hydroxylation is 2. The van der Waals surface area contributed by atoms with Gasteiger partial charge in [-0.3, -0.25) is 15.0 Å². The molecular formula is C23H25ClN4OS. The monoisotopic (exact) mass is 440 g/mol. The fourth-order valence-corrected chi connectivity index (χ4v) is 4.81. The Bertz CT molecular complexity index is 1030. The maximum absolute atomic E-state index is 12.5. The number of carbonyl (C=O) groups is 1. The number of nitrogens with one attached hydrogen (secondary N) is 1. The number of likely N-dealkylation sites (tertiary alicyclic amines) is 1. The topological polar surface area (TPSA) is 58.1 Å². The first-order valence-electron chi connectivity index (χ1n) is 10.2. The fourth-order valence-electron chi connectivity index (χ4n) is 3.80. The average molecular weight is 441 g/mol. The van der Waals surface area contributed by atoms with Gasteiger partial charge in [0.15, 0.2) is 5.13 Å². The lowest BCUT2D eigenvalue weighted by molar-refractivity contribution is 0.102. The average Bonchev–Trinajstić information content (AvgIpc) is 3.39. The minimum Gasteiger partial charge on any atom is -0.298 e. The molecule has 0 radical (unpaired) electrons.